The van der Waals surface area contributed by atoms with E-state index in [1.807, 2.05) is 34.9 Å². The van der Waals surface area contributed by atoms with Crippen molar-refractivity contribution >= 4 is 64.8 Å². The molecular formula is C26H21NOS2. The smallest absolute Gasteiger partial charge is 0.139 e. The third kappa shape index (κ3) is 2.57. The Hall–Kier alpha value is -2.69. The molecule has 30 heavy (non-hydrogen) atoms. The molecule has 0 fully saturated rings. The molecule has 2 aromatic carbocycles. The van der Waals surface area contributed by atoms with E-state index in [1.54, 1.807) is 0 Å². The first kappa shape index (κ1) is 18.1. The van der Waals surface area contributed by atoms with Crippen LogP contribution in [0.25, 0.3) is 53.4 Å². The van der Waals surface area contributed by atoms with Gasteiger partial charge in [0.1, 0.15) is 11.2 Å². The predicted octanol–water partition coefficient (Wildman–Crippen LogP) is 8.68. The summed E-state index contributed by atoms with van der Waals surface area (Å²) in [7, 11) is 0. The number of nitrogens with zero attached hydrogens (tertiary/aromatic N) is 1. The van der Waals surface area contributed by atoms with Crippen LogP contribution in [0.2, 0.25) is 0 Å². The molecule has 0 unspecified atom stereocenters. The van der Waals surface area contributed by atoms with Crippen LogP contribution in [-0.4, -0.2) is 4.98 Å². The highest BCUT2D eigenvalue weighted by molar-refractivity contribution is 7.19. The topological polar surface area (TPSA) is 26.0 Å². The van der Waals surface area contributed by atoms with Gasteiger partial charge in [0.05, 0.1) is 11.1 Å². The largest absolute Gasteiger partial charge is 0.456 e. The summed E-state index contributed by atoms with van der Waals surface area (Å²) in [4.78, 5) is 6.19. The molecule has 4 aromatic heterocycles. The van der Waals surface area contributed by atoms with Gasteiger partial charge in [-0.15, -0.1) is 22.7 Å². The number of aryl methyl sites for hydroxylation is 1. The second kappa shape index (κ2) is 6.16. The monoisotopic (exact) mass is 427 g/mol. The highest BCUT2D eigenvalue weighted by Gasteiger charge is 2.22. The average Bonchev–Trinajstić information content (AvgIpc) is 3.40. The Labute approximate surface area is 182 Å². The predicted molar refractivity (Wildman–Crippen MR) is 131 cm³/mol. The van der Waals surface area contributed by atoms with Gasteiger partial charge < -0.3 is 4.42 Å². The number of hydrogen-bond acceptors (Lipinski definition) is 4. The lowest BCUT2D eigenvalue weighted by Gasteiger charge is -2.21. The summed E-state index contributed by atoms with van der Waals surface area (Å²) in [5, 5.41) is 7.02. The zero-order valence-electron chi connectivity index (χ0n) is 17.4. The molecule has 148 valence electrons. The lowest BCUT2D eigenvalue weighted by atomic mass is 9.84. The van der Waals surface area contributed by atoms with E-state index in [9.17, 15) is 0 Å². The fourth-order valence-electron chi connectivity index (χ4n) is 4.45. The number of fused-ring (bicyclic) bond motifs is 6. The van der Waals surface area contributed by atoms with Crippen molar-refractivity contribution in [3.63, 3.8) is 0 Å². The maximum absolute atomic E-state index is 6.27. The van der Waals surface area contributed by atoms with Crippen LogP contribution in [0.15, 0.2) is 58.5 Å². The molecule has 0 aliphatic heterocycles. The van der Waals surface area contributed by atoms with Crippen molar-refractivity contribution in [2.45, 2.75) is 33.1 Å². The van der Waals surface area contributed by atoms with Gasteiger partial charge in [-0.3, -0.25) is 4.98 Å². The number of furan rings is 1. The van der Waals surface area contributed by atoms with Crippen molar-refractivity contribution < 1.29 is 4.42 Å². The fraction of sp³-hybridized carbons (Fsp3) is 0.192. The molecule has 0 saturated carbocycles. The molecular weight excluding hydrogens is 406 g/mol. The number of pyridine rings is 1. The summed E-state index contributed by atoms with van der Waals surface area (Å²) >= 11 is 3.65. The molecule has 2 nitrogen and oxygen atoms in total. The first-order valence-corrected chi connectivity index (χ1v) is 11.8. The number of hydrogen-bond donors (Lipinski definition) is 0. The van der Waals surface area contributed by atoms with E-state index in [0.29, 0.717) is 0 Å². The van der Waals surface area contributed by atoms with Gasteiger partial charge in [-0.05, 0) is 71.1 Å². The summed E-state index contributed by atoms with van der Waals surface area (Å²) in [6.45, 7) is 9.01. The van der Waals surface area contributed by atoms with E-state index in [-0.39, 0.29) is 5.41 Å². The third-order valence-corrected chi connectivity index (χ3v) is 7.78. The van der Waals surface area contributed by atoms with Gasteiger partial charge in [0.2, 0.25) is 0 Å². The molecule has 0 N–H and O–H groups in total. The molecule has 0 spiro atoms. The molecule has 0 saturated heterocycles. The van der Waals surface area contributed by atoms with Crippen LogP contribution >= 0.6 is 22.7 Å². The van der Waals surface area contributed by atoms with E-state index in [2.05, 4.69) is 69.5 Å². The normalized spacial score (nSPS) is 12.7. The number of benzene rings is 2. The van der Waals surface area contributed by atoms with Gasteiger partial charge in [0, 0.05) is 36.8 Å². The van der Waals surface area contributed by atoms with Gasteiger partial charge in [-0.25, -0.2) is 0 Å². The second-order valence-electron chi connectivity index (χ2n) is 8.96. The zero-order chi connectivity index (χ0) is 20.6. The van der Waals surface area contributed by atoms with E-state index in [4.69, 9.17) is 9.40 Å². The minimum absolute atomic E-state index is 0.0587. The second-order valence-corrected chi connectivity index (χ2v) is 11.2. The molecule has 0 amide bonds. The van der Waals surface area contributed by atoms with Crippen LogP contribution in [0.3, 0.4) is 0 Å². The van der Waals surface area contributed by atoms with Crippen LogP contribution in [0.4, 0.5) is 0 Å². The third-order valence-electron chi connectivity index (χ3n) is 5.80. The van der Waals surface area contributed by atoms with E-state index >= 15 is 0 Å². The van der Waals surface area contributed by atoms with Crippen molar-refractivity contribution in [1.82, 2.24) is 4.98 Å². The van der Waals surface area contributed by atoms with Gasteiger partial charge in [-0.2, -0.15) is 0 Å². The van der Waals surface area contributed by atoms with Crippen molar-refractivity contribution in [3.05, 3.63) is 64.5 Å². The summed E-state index contributed by atoms with van der Waals surface area (Å²) in [5.74, 6) is 0. The lowest BCUT2D eigenvalue weighted by molar-refractivity contribution is 0.597. The Morgan fingerprint density at radius 1 is 0.933 bits per heavy atom. The summed E-state index contributed by atoms with van der Waals surface area (Å²) in [5.41, 5.74) is 5.41. The number of aromatic nitrogens is 1. The van der Waals surface area contributed by atoms with Gasteiger partial charge in [-0.1, -0.05) is 20.8 Å². The summed E-state index contributed by atoms with van der Waals surface area (Å²) in [6.07, 6.45) is 1.87. The average molecular weight is 428 g/mol. The minimum Gasteiger partial charge on any atom is -0.456 e. The first-order chi connectivity index (χ1) is 14.4. The Morgan fingerprint density at radius 2 is 1.77 bits per heavy atom. The molecule has 6 aromatic rings. The van der Waals surface area contributed by atoms with E-state index in [1.165, 1.54) is 36.0 Å². The standard InChI is InChI=1S/C26H21NOS2/c1-14-11-17-21(30-14)6-5-19-22(17)23-20(28-19)7-9-27-24(23)16-12-15-8-10-29-25(15)18(13-16)26(2,3)4/h5-13H,1-4H3. The minimum atomic E-state index is 0.0587. The van der Waals surface area contributed by atoms with Crippen molar-refractivity contribution in [1.29, 1.82) is 0 Å². The Bertz CT molecular complexity index is 1590. The molecule has 4 heterocycles. The van der Waals surface area contributed by atoms with Crippen LogP contribution in [0, 0.1) is 6.92 Å². The van der Waals surface area contributed by atoms with Gasteiger partial charge in [0.25, 0.3) is 0 Å². The molecule has 0 aliphatic rings. The van der Waals surface area contributed by atoms with Crippen molar-refractivity contribution in [3.8, 4) is 11.3 Å². The van der Waals surface area contributed by atoms with Crippen LogP contribution in [-0.2, 0) is 5.41 Å². The quantitative estimate of drug-likeness (QED) is 0.262. The van der Waals surface area contributed by atoms with E-state index in [0.717, 1.165) is 27.8 Å². The van der Waals surface area contributed by atoms with Gasteiger partial charge in [0.15, 0.2) is 0 Å². The highest BCUT2D eigenvalue weighted by Crippen LogP contribution is 2.43. The SMILES string of the molecule is Cc1cc2c(ccc3oc4ccnc(-c5cc(C(C)(C)C)c6sccc6c5)c4c32)s1. The zero-order valence-corrected chi connectivity index (χ0v) is 19.0. The van der Waals surface area contributed by atoms with Crippen LogP contribution in [0.5, 0.6) is 0 Å². The first-order valence-electron chi connectivity index (χ1n) is 10.1. The molecule has 0 bridgehead atoms. The molecule has 0 atom stereocenters. The van der Waals surface area contributed by atoms with Crippen LogP contribution in [0.1, 0.15) is 31.2 Å². The number of thiophene rings is 2. The molecule has 0 aliphatic carbocycles. The van der Waals surface area contributed by atoms with Crippen molar-refractivity contribution in [2.24, 2.45) is 0 Å². The Kier molecular flexibility index (Phi) is 3.72. The van der Waals surface area contributed by atoms with Crippen molar-refractivity contribution in [2.75, 3.05) is 0 Å². The summed E-state index contributed by atoms with van der Waals surface area (Å²) in [6, 6.07) is 15.3. The van der Waals surface area contributed by atoms with E-state index < -0.39 is 0 Å². The maximum atomic E-state index is 6.27. The van der Waals surface area contributed by atoms with Gasteiger partial charge >= 0.3 is 0 Å². The molecule has 4 heteroatoms. The maximum Gasteiger partial charge on any atom is 0.139 e. The molecule has 0 radical (unpaired) electrons. The molecule has 6 rings (SSSR count). The highest BCUT2D eigenvalue weighted by atomic mass is 32.1. The Balaban J connectivity index is 1.76. The van der Waals surface area contributed by atoms with Crippen LogP contribution < -0.4 is 0 Å². The summed E-state index contributed by atoms with van der Waals surface area (Å²) < 4.78 is 8.93. The Morgan fingerprint density at radius 3 is 2.60 bits per heavy atom. The number of rotatable bonds is 1. The fourth-order valence-corrected chi connectivity index (χ4v) is 6.48. The lowest BCUT2D eigenvalue weighted by Crippen LogP contribution is -2.11.